The molecule has 1 aromatic rings. The molecule has 0 aliphatic heterocycles. The van der Waals surface area contributed by atoms with E-state index in [0.717, 1.165) is 5.92 Å². The summed E-state index contributed by atoms with van der Waals surface area (Å²) in [5.41, 5.74) is 2.90. The largest absolute Gasteiger partial charge is 0.317 e. The first-order valence-electron chi connectivity index (χ1n) is 7.29. The Kier molecular flexibility index (Phi) is 6.42. The van der Waals surface area contributed by atoms with Crippen LogP contribution in [-0.2, 0) is 6.42 Å². The first-order valence-corrected chi connectivity index (χ1v) is 7.29. The molecule has 1 aromatic carbocycles. The third-order valence-electron chi connectivity index (χ3n) is 3.59. The van der Waals surface area contributed by atoms with Gasteiger partial charge in [0.1, 0.15) is 0 Å². The Labute approximate surface area is 113 Å². The normalized spacial score (nSPS) is 13.3. The minimum Gasteiger partial charge on any atom is -0.317 e. The number of rotatable bonds is 7. The second kappa shape index (κ2) is 7.58. The smallest absolute Gasteiger partial charge is 0.00696 e. The summed E-state index contributed by atoms with van der Waals surface area (Å²) in [6.07, 6.45) is 3.67. The van der Waals surface area contributed by atoms with Gasteiger partial charge in [0.05, 0.1) is 0 Å². The standard InChI is InChI=1S/C17H29N/c1-13(2)12-17(18-5)11-8-15-6-9-16(10-7-15)14(3)4/h6-7,9-10,13-14,17-18H,8,11-12H2,1-5H3. The molecule has 1 nitrogen and oxygen atoms in total. The van der Waals surface area contributed by atoms with Crippen LogP contribution in [0.4, 0.5) is 0 Å². The van der Waals surface area contributed by atoms with Crippen molar-refractivity contribution in [1.82, 2.24) is 5.32 Å². The number of nitrogens with one attached hydrogen (secondary N) is 1. The van der Waals surface area contributed by atoms with Crippen molar-refractivity contribution in [2.24, 2.45) is 5.92 Å². The molecule has 0 aliphatic rings. The fraction of sp³-hybridized carbons (Fsp3) is 0.647. The maximum atomic E-state index is 3.43. The lowest BCUT2D eigenvalue weighted by atomic mass is 9.96. The molecule has 0 aromatic heterocycles. The molecule has 0 saturated carbocycles. The summed E-state index contributed by atoms with van der Waals surface area (Å²) in [5.74, 6) is 1.40. The van der Waals surface area contributed by atoms with Crippen LogP contribution in [0.3, 0.4) is 0 Å². The van der Waals surface area contributed by atoms with E-state index in [-0.39, 0.29) is 0 Å². The van der Waals surface area contributed by atoms with Crippen molar-refractivity contribution in [3.63, 3.8) is 0 Å². The molecular weight excluding hydrogens is 218 g/mol. The Bertz CT molecular complexity index is 324. The highest BCUT2D eigenvalue weighted by Crippen LogP contribution is 2.16. The topological polar surface area (TPSA) is 12.0 Å². The van der Waals surface area contributed by atoms with Crippen LogP contribution in [-0.4, -0.2) is 13.1 Å². The van der Waals surface area contributed by atoms with E-state index in [0.29, 0.717) is 12.0 Å². The minimum absolute atomic E-state index is 0.630. The number of hydrogen-bond acceptors (Lipinski definition) is 1. The van der Waals surface area contributed by atoms with Crippen LogP contribution < -0.4 is 5.32 Å². The maximum Gasteiger partial charge on any atom is 0.00696 e. The van der Waals surface area contributed by atoms with Crippen molar-refractivity contribution in [3.8, 4) is 0 Å². The molecule has 1 unspecified atom stereocenters. The molecular formula is C17H29N. The summed E-state index contributed by atoms with van der Waals surface area (Å²) < 4.78 is 0. The third-order valence-corrected chi connectivity index (χ3v) is 3.59. The summed E-state index contributed by atoms with van der Waals surface area (Å²) in [5, 5.41) is 3.43. The highest BCUT2D eigenvalue weighted by molar-refractivity contribution is 5.24. The third kappa shape index (κ3) is 5.22. The predicted octanol–water partition coefficient (Wildman–Crippen LogP) is 4.38. The monoisotopic (exact) mass is 247 g/mol. The highest BCUT2D eigenvalue weighted by atomic mass is 14.9. The van der Waals surface area contributed by atoms with E-state index >= 15 is 0 Å². The van der Waals surface area contributed by atoms with Crippen LogP contribution in [0.5, 0.6) is 0 Å². The maximum absolute atomic E-state index is 3.43. The Morgan fingerprint density at radius 2 is 1.61 bits per heavy atom. The summed E-state index contributed by atoms with van der Waals surface area (Å²) in [6, 6.07) is 9.78. The lowest BCUT2D eigenvalue weighted by Gasteiger charge is -2.18. The van der Waals surface area contributed by atoms with Gasteiger partial charge >= 0.3 is 0 Å². The first kappa shape index (κ1) is 15.2. The van der Waals surface area contributed by atoms with Crippen molar-refractivity contribution < 1.29 is 0 Å². The van der Waals surface area contributed by atoms with Gasteiger partial charge in [0.2, 0.25) is 0 Å². The molecule has 0 radical (unpaired) electrons. The SMILES string of the molecule is CNC(CCc1ccc(C(C)C)cc1)CC(C)C. The van der Waals surface area contributed by atoms with Gasteiger partial charge in [0.15, 0.2) is 0 Å². The molecule has 1 N–H and O–H groups in total. The Balaban J connectivity index is 2.47. The van der Waals surface area contributed by atoms with Crippen molar-refractivity contribution >= 4 is 0 Å². The number of hydrogen-bond donors (Lipinski definition) is 1. The van der Waals surface area contributed by atoms with E-state index in [2.05, 4.69) is 64.3 Å². The van der Waals surface area contributed by atoms with Gasteiger partial charge in [-0.3, -0.25) is 0 Å². The second-order valence-electron chi connectivity index (χ2n) is 6.05. The van der Waals surface area contributed by atoms with Gasteiger partial charge in [-0.1, -0.05) is 52.0 Å². The molecule has 18 heavy (non-hydrogen) atoms. The molecule has 0 aliphatic carbocycles. The van der Waals surface area contributed by atoms with Crippen LogP contribution in [0.25, 0.3) is 0 Å². The van der Waals surface area contributed by atoms with Crippen molar-refractivity contribution in [2.45, 2.75) is 58.9 Å². The molecule has 0 spiro atoms. The highest BCUT2D eigenvalue weighted by Gasteiger charge is 2.08. The summed E-state index contributed by atoms with van der Waals surface area (Å²) >= 11 is 0. The first-order chi connectivity index (χ1) is 8.52. The van der Waals surface area contributed by atoms with E-state index in [1.807, 2.05) is 0 Å². The van der Waals surface area contributed by atoms with E-state index in [9.17, 15) is 0 Å². The van der Waals surface area contributed by atoms with Crippen LogP contribution in [0.15, 0.2) is 24.3 Å². The Hall–Kier alpha value is -0.820. The molecule has 0 fully saturated rings. The zero-order valence-electron chi connectivity index (χ0n) is 12.7. The molecule has 0 heterocycles. The number of benzene rings is 1. The van der Waals surface area contributed by atoms with E-state index in [1.165, 1.54) is 30.4 Å². The molecule has 1 heteroatoms. The second-order valence-corrected chi connectivity index (χ2v) is 6.05. The van der Waals surface area contributed by atoms with E-state index in [4.69, 9.17) is 0 Å². The van der Waals surface area contributed by atoms with Crippen LogP contribution >= 0.6 is 0 Å². The average Bonchev–Trinajstić information content (AvgIpc) is 2.34. The lowest BCUT2D eigenvalue weighted by Crippen LogP contribution is -2.27. The van der Waals surface area contributed by atoms with Crippen LogP contribution in [0.1, 0.15) is 57.6 Å². The van der Waals surface area contributed by atoms with Crippen LogP contribution in [0, 0.1) is 5.92 Å². The van der Waals surface area contributed by atoms with Crippen molar-refractivity contribution in [2.75, 3.05) is 7.05 Å². The van der Waals surface area contributed by atoms with Gasteiger partial charge in [-0.25, -0.2) is 0 Å². The summed E-state index contributed by atoms with van der Waals surface area (Å²) in [4.78, 5) is 0. The lowest BCUT2D eigenvalue weighted by molar-refractivity contribution is 0.422. The molecule has 0 saturated heterocycles. The Morgan fingerprint density at radius 1 is 1.00 bits per heavy atom. The summed E-state index contributed by atoms with van der Waals surface area (Å²) in [6.45, 7) is 9.08. The van der Waals surface area contributed by atoms with Crippen molar-refractivity contribution in [3.05, 3.63) is 35.4 Å². The van der Waals surface area contributed by atoms with Gasteiger partial charge in [-0.15, -0.1) is 0 Å². The van der Waals surface area contributed by atoms with Gasteiger partial charge < -0.3 is 5.32 Å². The van der Waals surface area contributed by atoms with Gasteiger partial charge in [0.25, 0.3) is 0 Å². The number of aryl methyl sites for hydroxylation is 1. The van der Waals surface area contributed by atoms with Gasteiger partial charge in [-0.2, -0.15) is 0 Å². The summed E-state index contributed by atoms with van der Waals surface area (Å²) in [7, 11) is 2.08. The zero-order valence-corrected chi connectivity index (χ0v) is 12.7. The predicted molar refractivity (Wildman–Crippen MR) is 81.2 cm³/mol. The molecule has 1 atom stereocenters. The fourth-order valence-corrected chi connectivity index (χ4v) is 2.36. The van der Waals surface area contributed by atoms with Gasteiger partial charge in [-0.05, 0) is 49.3 Å². The molecule has 0 bridgehead atoms. The Morgan fingerprint density at radius 3 is 2.06 bits per heavy atom. The van der Waals surface area contributed by atoms with E-state index < -0.39 is 0 Å². The molecule has 1 rings (SSSR count). The van der Waals surface area contributed by atoms with Crippen molar-refractivity contribution in [1.29, 1.82) is 0 Å². The van der Waals surface area contributed by atoms with E-state index in [1.54, 1.807) is 0 Å². The molecule has 102 valence electrons. The molecule has 0 amide bonds. The minimum atomic E-state index is 0.630. The van der Waals surface area contributed by atoms with Gasteiger partial charge in [0, 0.05) is 6.04 Å². The van der Waals surface area contributed by atoms with Crippen LogP contribution in [0.2, 0.25) is 0 Å². The quantitative estimate of drug-likeness (QED) is 0.754. The fourth-order valence-electron chi connectivity index (χ4n) is 2.36. The zero-order chi connectivity index (χ0) is 13.5. The average molecular weight is 247 g/mol.